The highest BCUT2D eigenvalue weighted by Gasteiger charge is 2.31. The van der Waals surface area contributed by atoms with Gasteiger partial charge in [-0.2, -0.15) is 0 Å². The van der Waals surface area contributed by atoms with Gasteiger partial charge < -0.3 is 10.6 Å². The molecular weight excluding hydrogens is 540 g/mol. The van der Waals surface area contributed by atoms with Crippen LogP contribution >= 0.6 is 45.2 Å². The van der Waals surface area contributed by atoms with Crippen molar-refractivity contribution >= 4 is 51.1 Å². The maximum atomic E-state index is 11.8. The molecule has 1 saturated heterocycles. The number of nitrogens with two attached hydrogens (primary N) is 1. The van der Waals surface area contributed by atoms with Gasteiger partial charge in [-0.1, -0.05) is 89.4 Å². The Bertz CT molecular complexity index is 468. The molecule has 1 aliphatic heterocycles. The first-order valence-electron chi connectivity index (χ1n) is 8.90. The number of carbonyl (C=O) groups is 1. The fourth-order valence-corrected chi connectivity index (χ4v) is 2.70. The number of halogens is 2. The first-order valence-corrected chi connectivity index (χ1v) is 11.4. The van der Waals surface area contributed by atoms with Crippen LogP contribution in [0.25, 0.3) is 0 Å². The molecule has 4 nitrogen and oxygen atoms in total. The number of amides is 1. The summed E-state index contributed by atoms with van der Waals surface area (Å²) in [5.41, 5.74) is 6.78. The van der Waals surface area contributed by atoms with Gasteiger partial charge in [-0.3, -0.25) is 9.69 Å². The maximum Gasteiger partial charge on any atom is 0.236 e. The minimum Gasteiger partial charge on any atom is -0.336 e. The van der Waals surface area contributed by atoms with Crippen LogP contribution in [0.4, 0.5) is 0 Å². The van der Waals surface area contributed by atoms with Crippen molar-refractivity contribution in [2.75, 3.05) is 19.6 Å². The Morgan fingerprint density at radius 1 is 1.16 bits per heavy atom. The lowest BCUT2D eigenvalue weighted by atomic mass is 10.1. The second kappa shape index (κ2) is 14.2. The zero-order valence-corrected chi connectivity index (χ0v) is 20.4. The van der Waals surface area contributed by atoms with E-state index in [9.17, 15) is 4.79 Å². The van der Waals surface area contributed by atoms with Crippen LogP contribution < -0.4 is 5.73 Å². The van der Waals surface area contributed by atoms with Gasteiger partial charge in [0.25, 0.3) is 0 Å². The molecule has 25 heavy (non-hydrogen) atoms. The van der Waals surface area contributed by atoms with E-state index in [0.717, 1.165) is 21.6 Å². The molecule has 2 rings (SSSR count). The number of piperazine rings is 1. The van der Waals surface area contributed by atoms with Gasteiger partial charge in [-0.05, 0) is 26.3 Å². The maximum absolute atomic E-state index is 11.8. The van der Waals surface area contributed by atoms with Crippen LogP contribution in [-0.2, 0) is 11.3 Å². The van der Waals surface area contributed by atoms with E-state index in [2.05, 4.69) is 95.1 Å². The van der Waals surface area contributed by atoms with E-state index >= 15 is 0 Å². The summed E-state index contributed by atoms with van der Waals surface area (Å²) >= 11 is 4.66. The van der Waals surface area contributed by atoms with Crippen LogP contribution in [0, 0.1) is 0 Å². The highest BCUT2D eigenvalue weighted by atomic mass is 127. The second-order valence-corrected chi connectivity index (χ2v) is 12.0. The summed E-state index contributed by atoms with van der Waals surface area (Å²) in [6.07, 6.45) is 0. The van der Waals surface area contributed by atoms with Crippen LogP contribution in [0.3, 0.4) is 0 Å². The SMILES string of the molecule is CC.CC(I)I.CC1CN(C(=O)CN)C(C)CN1Cc1ccccc1. The molecule has 0 spiro atoms. The van der Waals surface area contributed by atoms with Crippen molar-refractivity contribution in [3.8, 4) is 0 Å². The molecule has 1 aromatic rings. The number of nitrogens with zero attached hydrogens (tertiary/aromatic N) is 2. The first kappa shape index (κ1) is 25.1. The van der Waals surface area contributed by atoms with E-state index in [1.807, 2.05) is 24.8 Å². The highest BCUT2D eigenvalue weighted by Crippen LogP contribution is 2.18. The summed E-state index contributed by atoms with van der Waals surface area (Å²) in [6.45, 7) is 13.1. The first-order chi connectivity index (χ1) is 11.8. The molecule has 2 N–H and O–H groups in total. The number of hydrogen-bond acceptors (Lipinski definition) is 3. The lowest BCUT2D eigenvalue weighted by Crippen LogP contribution is -2.58. The molecule has 1 heterocycles. The monoisotopic (exact) mass is 573 g/mol. The molecule has 2 atom stereocenters. The molecule has 0 aliphatic carbocycles. The van der Waals surface area contributed by atoms with Gasteiger partial charge in [0.2, 0.25) is 5.91 Å². The van der Waals surface area contributed by atoms with Crippen LogP contribution in [-0.4, -0.2) is 49.4 Å². The Morgan fingerprint density at radius 3 is 2.16 bits per heavy atom. The summed E-state index contributed by atoms with van der Waals surface area (Å²) in [7, 11) is 0. The smallest absolute Gasteiger partial charge is 0.236 e. The normalized spacial score (nSPS) is 20.3. The predicted molar refractivity (Wildman–Crippen MR) is 125 cm³/mol. The summed E-state index contributed by atoms with van der Waals surface area (Å²) < 4.78 is 0.773. The predicted octanol–water partition coefficient (Wildman–Crippen LogP) is 4.30. The molecule has 0 bridgehead atoms. The van der Waals surface area contributed by atoms with Crippen molar-refractivity contribution in [3.05, 3.63) is 35.9 Å². The molecule has 0 radical (unpaired) electrons. The van der Waals surface area contributed by atoms with Gasteiger partial charge in [-0.25, -0.2) is 0 Å². The van der Waals surface area contributed by atoms with Gasteiger partial charge in [0.15, 0.2) is 0 Å². The van der Waals surface area contributed by atoms with Crippen molar-refractivity contribution in [2.24, 2.45) is 5.73 Å². The van der Waals surface area contributed by atoms with Gasteiger partial charge in [0, 0.05) is 31.7 Å². The van der Waals surface area contributed by atoms with Gasteiger partial charge >= 0.3 is 0 Å². The fourth-order valence-electron chi connectivity index (χ4n) is 2.70. The molecule has 2 unspecified atom stereocenters. The third-order valence-electron chi connectivity index (χ3n) is 3.84. The Labute approximate surface area is 181 Å². The van der Waals surface area contributed by atoms with Crippen molar-refractivity contribution in [1.29, 1.82) is 0 Å². The van der Waals surface area contributed by atoms with E-state index in [1.165, 1.54) is 5.56 Å². The van der Waals surface area contributed by atoms with E-state index in [1.54, 1.807) is 0 Å². The molecule has 1 amide bonds. The number of alkyl halides is 2. The van der Waals surface area contributed by atoms with E-state index < -0.39 is 0 Å². The van der Waals surface area contributed by atoms with Crippen molar-refractivity contribution in [2.45, 2.75) is 55.2 Å². The lowest BCUT2D eigenvalue weighted by molar-refractivity contribution is -0.135. The van der Waals surface area contributed by atoms with Gasteiger partial charge in [0.1, 0.15) is 0 Å². The molecule has 0 aromatic heterocycles. The quantitative estimate of drug-likeness (QED) is 0.434. The average Bonchev–Trinajstić information content (AvgIpc) is 2.59. The second-order valence-electron chi connectivity index (χ2n) is 5.88. The number of carbonyl (C=O) groups excluding carboxylic acids is 1. The van der Waals surface area contributed by atoms with Gasteiger partial charge in [0.05, 0.1) is 8.48 Å². The largest absolute Gasteiger partial charge is 0.336 e. The minimum absolute atomic E-state index is 0.0544. The van der Waals surface area contributed by atoms with Crippen LogP contribution in [0.1, 0.15) is 40.2 Å². The summed E-state index contributed by atoms with van der Waals surface area (Å²) in [5.74, 6) is 0.0544. The van der Waals surface area contributed by atoms with E-state index in [0.29, 0.717) is 6.04 Å². The zero-order chi connectivity index (χ0) is 19.4. The standard InChI is InChI=1S/C15H23N3O.C2H4I2.C2H6/c1-12-10-18(15(19)8-16)13(2)9-17(12)11-14-6-4-3-5-7-14;1-2(3)4;1-2/h3-7,12-13H,8-11,16H2,1-2H3;2H,1H3;1-2H3. The fraction of sp³-hybridized carbons (Fsp3) is 0.632. The van der Waals surface area contributed by atoms with Crippen LogP contribution in [0.15, 0.2) is 30.3 Å². The molecule has 6 heteroatoms. The highest BCUT2D eigenvalue weighted by molar-refractivity contribution is 14.2. The number of rotatable bonds is 3. The average molecular weight is 573 g/mol. The Balaban J connectivity index is 0.000000845. The topological polar surface area (TPSA) is 49.6 Å². The molecule has 1 aromatic carbocycles. The number of hydrogen-bond donors (Lipinski definition) is 1. The van der Waals surface area contributed by atoms with Crippen LogP contribution in [0.2, 0.25) is 0 Å². The van der Waals surface area contributed by atoms with Crippen LogP contribution in [0.5, 0.6) is 0 Å². The minimum atomic E-state index is 0.0544. The van der Waals surface area contributed by atoms with Crippen molar-refractivity contribution in [3.63, 3.8) is 0 Å². The molecular formula is C19H33I2N3O. The Morgan fingerprint density at radius 2 is 1.68 bits per heavy atom. The Hall–Kier alpha value is 0.0700. The van der Waals surface area contributed by atoms with Gasteiger partial charge in [-0.15, -0.1) is 0 Å². The van der Waals surface area contributed by atoms with E-state index in [-0.39, 0.29) is 18.5 Å². The molecule has 1 fully saturated rings. The third kappa shape index (κ3) is 10.1. The lowest BCUT2D eigenvalue weighted by Gasteiger charge is -2.44. The summed E-state index contributed by atoms with van der Waals surface area (Å²) in [5, 5.41) is 0. The zero-order valence-electron chi connectivity index (χ0n) is 16.1. The summed E-state index contributed by atoms with van der Waals surface area (Å²) in [6, 6.07) is 11.1. The molecule has 144 valence electrons. The Kier molecular flexibility index (Phi) is 14.2. The van der Waals surface area contributed by atoms with Crippen molar-refractivity contribution < 1.29 is 4.79 Å². The number of benzene rings is 1. The molecule has 0 saturated carbocycles. The summed E-state index contributed by atoms with van der Waals surface area (Å²) in [4.78, 5) is 16.1. The molecule has 1 aliphatic rings. The van der Waals surface area contributed by atoms with Crippen molar-refractivity contribution in [1.82, 2.24) is 9.80 Å². The van der Waals surface area contributed by atoms with E-state index in [4.69, 9.17) is 5.73 Å². The third-order valence-corrected chi connectivity index (χ3v) is 3.84.